The molecule has 1 aliphatic carbocycles. The number of nitrogens with two attached hydrogens (primary N) is 1. The first-order chi connectivity index (χ1) is 9.61. The fraction of sp³-hybridized carbons (Fsp3) is 0.333. The highest BCUT2D eigenvalue weighted by molar-refractivity contribution is 5.38. The van der Waals surface area contributed by atoms with Gasteiger partial charge >= 0.3 is 0 Å². The van der Waals surface area contributed by atoms with E-state index in [-0.39, 0.29) is 6.04 Å². The van der Waals surface area contributed by atoms with Gasteiger partial charge in [-0.05, 0) is 42.5 Å². The van der Waals surface area contributed by atoms with Gasteiger partial charge in [0.25, 0.3) is 0 Å². The summed E-state index contributed by atoms with van der Waals surface area (Å²) in [6.45, 7) is 4.34. The first kappa shape index (κ1) is 14.6. The fourth-order valence-corrected chi connectivity index (χ4v) is 2.55. The SMILES string of the molecule is COc1ccccc1.Cc1ccc2c(c1)C(N)C(C)C2. The molecular weight excluding hydrogens is 246 g/mol. The van der Waals surface area contributed by atoms with Gasteiger partial charge in [0.05, 0.1) is 7.11 Å². The second kappa shape index (κ2) is 6.58. The largest absolute Gasteiger partial charge is 0.497 e. The number of fused-ring (bicyclic) bond motifs is 1. The first-order valence-corrected chi connectivity index (χ1v) is 7.06. The summed E-state index contributed by atoms with van der Waals surface area (Å²) >= 11 is 0. The molecule has 0 radical (unpaired) electrons. The molecule has 0 fully saturated rings. The van der Waals surface area contributed by atoms with E-state index < -0.39 is 0 Å². The van der Waals surface area contributed by atoms with E-state index in [0.717, 1.165) is 12.2 Å². The molecule has 0 saturated carbocycles. The second-order valence-corrected chi connectivity index (χ2v) is 5.43. The summed E-state index contributed by atoms with van der Waals surface area (Å²) in [6, 6.07) is 16.6. The summed E-state index contributed by atoms with van der Waals surface area (Å²) in [7, 11) is 1.66. The van der Waals surface area contributed by atoms with Crippen molar-refractivity contribution < 1.29 is 4.74 Å². The molecule has 0 spiro atoms. The van der Waals surface area contributed by atoms with E-state index in [1.165, 1.54) is 16.7 Å². The summed E-state index contributed by atoms with van der Waals surface area (Å²) < 4.78 is 4.91. The van der Waals surface area contributed by atoms with Gasteiger partial charge in [-0.2, -0.15) is 0 Å². The van der Waals surface area contributed by atoms with Crippen molar-refractivity contribution in [1.82, 2.24) is 0 Å². The number of aryl methyl sites for hydroxylation is 1. The van der Waals surface area contributed by atoms with Gasteiger partial charge in [0.1, 0.15) is 5.75 Å². The van der Waals surface area contributed by atoms with Crippen LogP contribution in [0.5, 0.6) is 5.75 Å². The van der Waals surface area contributed by atoms with Crippen LogP contribution in [-0.2, 0) is 6.42 Å². The highest BCUT2D eigenvalue weighted by Crippen LogP contribution is 2.34. The Morgan fingerprint density at radius 2 is 1.80 bits per heavy atom. The van der Waals surface area contributed by atoms with Crippen molar-refractivity contribution in [2.45, 2.75) is 26.3 Å². The fourth-order valence-electron chi connectivity index (χ4n) is 2.55. The minimum atomic E-state index is 0.264. The van der Waals surface area contributed by atoms with E-state index in [4.69, 9.17) is 10.5 Å². The molecule has 0 amide bonds. The number of rotatable bonds is 1. The van der Waals surface area contributed by atoms with Crippen molar-refractivity contribution in [1.29, 1.82) is 0 Å². The summed E-state index contributed by atoms with van der Waals surface area (Å²) in [5.74, 6) is 1.52. The van der Waals surface area contributed by atoms with Crippen LogP contribution in [0, 0.1) is 12.8 Å². The van der Waals surface area contributed by atoms with Crippen LogP contribution in [0.4, 0.5) is 0 Å². The minimum Gasteiger partial charge on any atom is -0.497 e. The zero-order valence-electron chi connectivity index (χ0n) is 12.5. The summed E-state index contributed by atoms with van der Waals surface area (Å²) in [6.07, 6.45) is 1.15. The normalized spacial score (nSPS) is 19.8. The number of benzene rings is 2. The number of hydrogen-bond acceptors (Lipinski definition) is 2. The monoisotopic (exact) mass is 269 g/mol. The Kier molecular flexibility index (Phi) is 4.80. The predicted octanol–water partition coefficient (Wildman–Crippen LogP) is 3.88. The van der Waals surface area contributed by atoms with Crippen LogP contribution >= 0.6 is 0 Å². The number of para-hydroxylation sites is 1. The van der Waals surface area contributed by atoms with Gasteiger partial charge in [0.15, 0.2) is 0 Å². The van der Waals surface area contributed by atoms with E-state index >= 15 is 0 Å². The van der Waals surface area contributed by atoms with Gasteiger partial charge in [-0.1, -0.05) is 48.9 Å². The first-order valence-electron chi connectivity index (χ1n) is 7.06. The lowest BCUT2D eigenvalue weighted by Crippen LogP contribution is -2.13. The highest BCUT2D eigenvalue weighted by Gasteiger charge is 2.25. The molecule has 0 saturated heterocycles. The smallest absolute Gasteiger partial charge is 0.118 e. The lowest BCUT2D eigenvalue weighted by Gasteiger charge is -2.09. The lowest BCUT2D eigenvalue weighted by atomic mass is 10.0. The van der Waals surface area contributed by atoms with E-state index in [1.54, 1.807) is 7.11 Å². The molecule has 20 heavy (non-hydrogen) atoms. The number of ether oxygens (including phenoxy) is 1. The summed E-state index contributed by atoms with van der Waals surface area (Å²) in [5.41, 5.74) is 10.2. The molecule has 2 heteroatoms. The van der Waals surface area contributed by atoms with Crippen LogP contribution in [0.3, 0.4) is 0 Å². The molecule has 2 atom stereocenters. The van der Waals surface area contributed by atoms with Gasteiger partial charge in [0, 0.05) is 6.04 Å². The molecule has 2 aromatic carbocycles. The second-order valence-electron chi connectivity index (χ2n) is 5.43. The average molecular weight is 269 g/mol. The van der Waals surface area contributed by atoms with Gasteiger partial charge in [-0.15, -0.1) is 0 Å². The van der Waals surface area contributed by atoms with Crippen LogP contribution in [0.25, 0.3) is 0 Å². The zero-order chi connectivity index (χ0) is 14.5. The van der Waals surface area contributed by atoms with Gasteiger partial charge in [-0.25, -0.2) is 0 Å². The maximum atomic E-state index is 6.06. The van der Waals surface area contributed by atoms with E-state index in [2.05, 4.69) is 32.0 Å². The predicted molar refractivity (Wildman–Crippen MR) is 84.0 cm³/mol. The van der Waals surface area contributed by atoms with Crippen molar-refractivity contribution in [3.05, 3.63) is 65.2 Å². The molecule has 1 aliphatic rings. The molecule has 2 unspecified atom stereocenters. The topological polar surface area (TPSA) is 35.2 Å². The minimum absolute atomic E-state index is 0.264. The van der Waals surface area contributed by atoms with Gasteiger partial charge in [0.2, 0.25) is 0 Å². The van der Waals surface area contributed by atoms with E-state index in [1.807, 2.05) is 30.3 Å². The van der Waals surface area contributed by atoms with Crippen molar-refractivity contribution in [3.8, 4) is 5.75 Å². The molecule has 2 nitrogen and oxygen atoms in total. The molecular formula is C18H23NO. The van der Waals surface area contributed by atoms with Crippen LogP contribution in [0.1, 0.15) is 29.7 Å². The highest BCUT2D eigenvalue weighted by atomic mass is 16.5. The van der Waals surface area contributed by atoms with Crippen LogP contribution in [0.2, 0.25) is 0 Å². The molecule has 2 aromatic rings. The Morgan fingerprint density at radius 1 is 1.10 bits per heavy atom. The molecule has 106 valence electrons. The third-order valence-corrected chi connectivity index (χ3v) is 3.79. The van der Waals surface area contributed by atoms with Crippen molar-refractivity contribution in [3.63, 3.8) is 0 Å². The van der Waals surface area contributed by atoms with Crippen molar-refractivity contribution in [2.75, 3.05) is 7.11 Å². The molecule has 0 aliphatic heterocycles. The molecule has 0 heterocycles. The Balaban J connectivity index is 0.000000160. The van der Waals surface area contributed by atoms with E-state index in [0.29, 0.717) is 5.92 Å². The van der Waals surface area contributed by atoms with Gasteiger partial charge < -0.3 is 10.5 Å². The van der Waals surface area contributed by atoms with Crippen LogP contribution < -0.4 is 10.5 Å². The Labute approximate surface area is 121 Å². The molecule has 2 N–H and O–H groups in total. The maximum absolute atomic E-state index is 6.06. The molecule has 3 rings (SSSR count). The summed E-state index contributed by atoms with van der Waals surface area (Å²) in [5, 5.41) is 0. The van der Waals surface area contributed by atoms with Crippen LogP contribution in [-0.4, -0.2) is 7.11 Å². The Morgan fingerprint density at radius 3 is 2.40 bits per heavy atom. The van der Waals surface area contributed by atoms with Crippen molar-refractivity contribution in [2.24, 2.45) is 11.7 Å². The molecule has 0 bridgehead atoms. The van der Waals surface area contributed by atoms with Gasteiger partial charge in [-0.3, -0.25) is 0 Å². The maximum Gasteiger partial charge on any atom is 0.118 e. The zero-order valence-corrected chi connectivity index (χ0v) is 12.5. The standard InChI is InChI=1S/C11H15N.C7H8O/c1-7-3-4-9-6-8(2)11(12)10(9)5-7;1-8-7-5-3-2-4-6-7/h3-5,8,11H,6,12H2,1-2H3;2-6H,1H3. The lowest BCUT2D eigenvalue weighted by molar-refractivity contribution is 0.415. The Hall–Kier alpha value is -1.80. The van der Waals surface area contributed by atoms with E-state index in [9.17, 15) is 0 Å². The summed E-state index contributed by atoms with van der Waals surface area (Å²) in [4.78, 5) is 0. The molecule has 0 aromatic heterocycles. The number of methoxy groups -OCH3 is 1. The quantitative estimate of drug-likeness (QED) is 0.852. The Bertz CT molecular complexity index is 551. The third kappa shape index (κ3) is 3.40. The van der Waals surface area contributed by atoms with Crippen LogP contribution in [0.15, 0.2) is 48.5 Å². The average Bonchev–Trinajstić information content (AvgIpc) is 2.76. The number of hydrogen-bond donors (Lipinski definition) is 1. The van der Waals surface area contributed by atoms with Crippen molar-refractivity contribution >= 4 is 0 Å². The third-order valence-electron chi connectivity index (χ3n) is 3.79.